The maximum atomic E-state index is 11.0. The van der Waals surface area contributed by atoms with Crippen molar-refractivity contribution in [3.8, 4) is 0 Å². The van der Waals surface area contributed by atoms with Gasteiger partial charge in [-0.15, -0.1) is 0 Å². The fourth-order valence-electron chi connectivity index (χ4n) is 2.24. The van der Waals surface area contributed by atoms with Crippen LogP contribution in [0.2, 0.25) is 0 Å². The van der Waals surface area contributed by atoms with E-state index in [4.69, 9.17) is 9.84 Å². The van der Waals surface area contributed by atoms with Gasteiger partial charge >= 0.3 is 5.97 Å². The van der Waals surface area contributed by atoms with Crippen molar-refractivity contribution < 1.29 is 14.6 Å². The second-order valence-electron chi connectivity index (χ2n) is 4.55. The van der Waals surface area contributed by atoms with Gasteiger partial charge in [0.15, 0.2) is 0 Å². The molecule has 1 unspecified atom stereocenters. The van der Waals surface area contributed by atoms with Crippen LogP contribution in [0.3, 0.4) is 0 Å². The molecule has 98 valence electrons. The van der Waals surface area contributed by atoms with E-state index in [1.54, 1.807) is 12.1 Å². The van der Waals surface area contributed by atoms with Gasteiger partial charge in [-0.2, -0.15) is 0 Å². The number of carboxylic acids is 1. The van der Waals surface area contributed by atoms with Crippen LogP contribution in [0.5, 0.6) is 0 Å². The summed E-state index contributed by atoms with van der Waals surface area (Å²) in [6.45, 7) is 2.51. The second-order valence-corrected chi connectivity index (χ2v) is 4.55. The number of hydrogen-bond acceptors (Lipinski definition) is 3. The lowest BCUT2D eigenvalue weighted by atomic mass is 10.0. The summed E-state index contributed by atoms with van der Waals surface area (Å²) in [7, 11) is 0. The Hall–Kier alpha value is -1.39. The average Bonchev–Trinajstić information content (AvgIpc) is 2.88. The van der Waals surface area contributed by atoms with E-state index in [1.165, 1.54) is 0 Å². The molecule has 0 saturated carbocycles. The van der Waals surface area contributed by atoms with Gasteiger partial charge in [0.2, 0.25) is 0 Å². The van der Waals surface area contributed by atoms with Gasteiger partial charge in [-0.25, -0.2) is 4.79 Å². The molecule has 1 saturated heterocycles. The van der Waals surface area contributed by atoms with Gasteiger partial charge in [-0.1, -0.05) is 18.2 Å². The summed E-state index contributed by atoms with van der Waals surface area (Å²) in [6, 6.07) is 7.16. The monoisotopic (exact) mass is 249 g/mol. The lowest BCUT2D eigenvalue weighted by Gasteiger charge is -2.11. The van der Waals surface area contributed by atoms with Crippen LogP contribution in [0.4, 0.5) is 0 Å². The number of carboxylic acid groups (broad SMARTS) is 1. The minimum atomic E-state index is -0.857. The van der Waals surface area contributed by atoms with Gasteiger partial charge in [-0.05, 0) is 37.4 Å². The van der Waals surface area contributed by atoms with E-state index in [0.717, 1.165) is 44.5 Å². The fourth-order valence-corrected chi connectivity index (χ4v) is 2.24. The van der Waals surface area contributed by atoms with Gasteiger partial charge < -0.3 is 15.2 Å². The number of aromatic carboxylic acids is 1. The van der Waals surface area contributed by atoms with Crippen LogP contribution < -0.4 is 5.32 Å². The number of carbonyl (C=O) groups is 1. The summed E-state index contributed by atoms with van der Waals surface area (Å²) in [6.07, 6.45) is 3.34. The van der Waals surface area contributed by atoms with E-state index in [-0.39, 0.29) is 0 Å². The highest BCUT2D eigenvalue weighted by Crippen LogP contribution is 2.11. The molecule has 0 amide bonds. The molecule has 1 fully saturated rings. The zero-order chi connectivity index (χ0) is 12.8. The van der Waals surface area contributed by atoms with Crippen LogP contribution in [0.25, 0.3) is 0 Å². The highest BCUT2D eigenvalue weighted by molar-refractivity contribution is 5.89. The van der Waals surface area contributed by atoms with Crippen LogP contribution in [0.1, 0.15) is 28.8 Å². The molecule has 4 nitrogen and oxygen atoms in total. The highest BCUT2D eigenvalue weighted by Gasteiger charge is 2.14. The predicted molar refractivity (Wildman–Crippen MR) is 68.9 cm³/mol. The van der Waals surface area contributed by atoms with Crippen LogP contribution >= 0.6 is 0 Å². The molecule has 0 aromatic heterocycles. The Labute approximate surface area is 107 Å². The Kier molecular flexibility index (Phi) is 4.73. The van der Waals surface area contributed by atoms with Gasteiger partial charge in [0.1, 0.15) is 0 Å². The Balaban J connectivity index is 1.77. The zero-order valence-electron chi connectivity index (χ0n) is 10.4. The van der Waals surface area contributed by atoms with Crippen LogP contribution in [0.15, 0.2) is 24.3 Å². The SMILES string of the molecule is O=C(O)c1ccccc1CCNCC1CCCO1. The summed E-state index contributed by atoms with van der Waals surface area (Å²) in [5.74, 6) is -0.857. The first-order valence-electron chi connectivity index (χ1n) is 6.41. The van der Waals surface area contributed by atoms with Crippen molar-refractivity contribution in [1.29, 1.82) is 0 Å². The van der Waals surface area contributed by atoms with E-state index in [0.29, 0.717) is 11.7 Å². The Morgan fingerprint density at radius 3 is 3.00 bits per heavy atom. The zero-order valence-corrected chi connectivity index (χ0v) is 10.4. The van der Waals surface area contributed by atoms with Crippen molar-refractivity contribution in [2.45, 2.75) is 25.4 Å². The summed E-state index contributed by atoms with van der Waals surface area (Å²) >= 11 is 0. The first-order valence-corrected chi connectivity index (χ1v) is 6.41. The van der Waals surface area contributed by atoms with E-state index < -0.39 is 5.97 Å². The molecule has 1 atom stereocenters. The highest BCUT2D eigenvalue weighted by atomic mass is 16.5. The molecule has 1 heterocycles. The molecule has 2 rings (SSSR count). The first-order chi connectivity index (χ1) is 8.77. The molecule has 0 aliphatic carbocycles. The molecule has 0 bridgehead atoms. The summed E-state index contributed by atoms with van der Waals surface area (Å²) < 4.78 is 5.51. The quantitative estimate of drug-likeness (QED) is 0.753. The topological polar surface area (TPSA) is 58.6 Å². The third-order valence-electron chi connectivity index (χ3n) is 3.21. The summed E-state index contributed by atoms with van der Waals surface area (Å²) in [4.78, 5) is 11.0. The minimum absolute atomic E-state index is 0.333. The van der Waals surface area contributed by atoms with Crippen molar-refractivity contribution in [1.82, 2.24) is 5.32 Å². The van der Waals surface area contributed by atoms with E-state index in [9.17, 15) is 4.79 Å². The van der Waals surface area contributed by atoms with Gasteiger partial charge in [0, 0.05) is 13.2 Å². The molecule has 18 heavy (non-hydrogen) atoms. The maximum absolute atomic E-state index is 11.0. The van der Waals surface area contributed by atoms with Crippen LogP contribution in [0, 0.1) is 0 Å². The first kappa shape index (κ1) is 13.1. The summed E-state index contributed by atoms with van der Waals surface area (Å²) in [5, 5.41) is 12.4. The molecule has 4 heteroatoms. The number of hydrogen-bond donors (Lipinski definition) is 2. The third kappa shape index (κ3) is 3.55. The maximum Gasteiger partial charge on any atom is 0.335 e. The van der Waals surface area contributed by atoms with Crippen LogP contribution in [-0.2, 0) is 11.2 Å². The van der Waals surface area contributed by atoms with Crippen LogP contribution in [-0.4, -0.2) is 36.9 Å². The van der Waals surface area contributed by atoms with E-state index in [2.05, 4.69) is 5.32 Å². The van der Waals surface area contributed by atoms with Crippen molar-refractivity contribution in [2.75, 3.05) is 19.7 Å². The largest absolute Gasteiger partial charge is 0.478 e. The predicted octanol–water partition coefficient (Wildman–Crippen LogP) is 1.70. The van der Waals surface area contributed by atoms with Crippen molar-refractivity contribution in [2.24, 2.45) is 0 Å². The molecule has 1 aliphatic heterocycles. The van der Waals surface area contributed by atoms with Gasteiger partial charge in [0.25, 0.3) is 0 Å². The minimum Gasteiger partial charge on any atom is -0.478 e. The molecule has 1 aromatic carbocycles. The lowest BCUT2D eigenvalue weighted by molar-refractivity contribution is 0.0695. The molecule has 1 aliphatic rings. The van der Waals surface area contributed by atoms with E-state index >= 15 is 0 Å². The lowest BCUT2D eigenvalue weighted by Crippen LogP contribution is -2.28. The number of benzene rings is 1. The van der Waals surface area contributed by atoms with Crippen molar-refractivity contribution >= 4 is 5.97 Å². The van der Waals surface area contributed by atoms with Crippen molar-refractivity contribution in [3.63, 3.8) is 0 Å². The Morgan fingerprint density at radius 1 is 1.44 bits per heavy atom. The smallest absolute Gasteiger partial charge is 0.335 e. The normalized spacial score (nSPS) is 19.0. The Morgan fingerprint density at radius 2 is 2.28 bits per heavy atom. The second kappa shape index (κ2) is 6.52. The molecule has 1 aromatic rings. The molecule has 0 spiro atoms. The summed E-state index contributed by atoms with van der Waals surface area (Å²) in [5.41, 5.74) is 1.28. The molecular weight excluding hydrogens is 230 g/mol. The standard InChI is InChI=1S/C14H19NO3/c16-14(17)13-6-2-1-4-11(13)7-8-15-10-12-5-3-9-18-12/h1-2,4,6,12,15H,3,5,7-10H2,(H,16,17). The van der Waals surface area contributed by atoms with Gasteiger partial charge in [0.05, 0.1) is 11.7 Å². The number of rotatable bonds is 6. The molecule has 0 radical (unpaired) electrons. The fraction of sp³-hybridized carbons (Fsp3) is 0.500. The molecular formula is C14H19NO3. The van der Waals surface area contributed by atoms with Crippen molar-refractivity contribution in [3.05, 3.63) is 35.4 Å². The number of ether oxygens (including phenoxy) is 1. The number of nitrogens with one attached hydrogen (secondary N) is 1. The molecule has 2 N–H and O–H groups in total. The third-order valence-corrected chi connectivity index (χ3v) is 3.21. The average molecular weight is 249 g/mol. The van der Waals surface area contributed by atoms with Gasteiger partial charge in [-0.3, -0.25) is 0 Å². The Bertz CT molecular complexity index is 400. The van der Waals surface area contributed by atoms with E-state index in [1.807, 2.05) is 12.1 Å².